The number of ether oxygens (including phenoxy) is 2. The topological polar surface area (TPSA) is 77.2 Å². The SMILES string of the molecule is [C-]#[N+][C@@H]1C[C@]2(C)C3=CC(=O)[C@@H]4[C@@H]5CC(C)(C)C[C@@H](C(=O)OC)C5CC[C@@]4(C)[C@]3(C)CC[C@H]2[C@]2(C)CCO[C@]12O. The zero-order valence-electron chi connectivity index (χ0n) is 24.9. The highest BCUT2D eigenvalue weighted by molar-refractivity contribution is 5.95. The number of methoxy groups -OCH3 is 1. The Labute approximate surface area is 234 Å². The molecule has 0 aromatic heterocycles. The number of carbonyl (C=O) groups is 2. The van der Waals surface area contributed by atoms with Gasteiger partial charge in [0.2, 0.25) is 5.79 Å². The maximum atomic E-state index is 14.5. The van der Waals surface area contributed by atoms with E-state index in [1.807, 2.05) is 6.08 Å². The average Bonchev–Trinajstić information content (AvgIpc) is 3.18. The van der Waals surface area contributed by atoms with E-state index < -0.39 is 17.2 Å². The second kappa shape index (κ2) is 8.19. The van der Waals surface area contributed by atoms with Gasteiger partial charge >= 0.3 is 5.97 Å². The summed E-state index contributed by atoms with van der Waals surface area (Å²) in [5, 5.41) is 11.7. The fourth-order valence-corrected chi connectivity index (χ4v) is 11.8. The molecule has 5 aliphatic carbocycles. The first-order chi connectivity index (χ1) is 18.1. The number of nitrogens with zero attached hydrogens (tertiary/aromatic N) is 1. The maximum absolute atomic E-state index is 14.5. The molecule has 0 amide bonds. The summed E-state index contributed by atoms with van der Waals surface area (Å²) in [4.78, 5) is 31.4. The van der Waals surface area contributed by atoms with Crippen molar-refractivity contribution in [2.75, 3.05) is 13.7 Å². The molecule has 0 aromatic carbocycles. The van der Waals surface area contributed by atoms with E-state index in [4.69, 9.17) is 16.0 Å². The van der Waals surface area contributed by atoms with Crippen LogP contribution in [0.1, 0.15) is 92.9 Å². The number of esters is 1. The van der Waals surface area contributed by atoms with Gasteiger partial charge in [0, 0.05) is 23.2 Å². The smallest absolute Gasteiger partial charge is 0.308 e. The lowest BCUT2D eigenvalue weighted by Gasteiger charge is -2.69. The van der Waals surface area contributed by atoms with Crippen LogP contribution in [0.5, 0.6) is 0 Å². The van der Waals surface area contributed by atoms with E-state index in [2.05, 4.69) is 46.4 Å². The van der Waals surface area contributed by atoms with E-state index in [1.54, 1.807) is 0 Å². The Morgan fingerprint density at radius 3 is 2.41 bits per heavy atom. The van der Waals surface area contributed by atoms with Crippen LogP contribution in [0, 0.1) is 63.2 Å². The molecule has 4 saturated carbocycles. The third kappa shape index (κ3) is 3.21. The van der Waals surface area contributed by atoms with E-state index in [9.17, 15) is 14.7 Å². The number of carbonyl (C=O) groups excluding carboxylic acids is 2. The van der Waals surface area contributed by atoms with Crippen molar-refractivity contribution < 1.29 is 24.2 Å². The molecular weight excluding hydrogens is 490 g/mol. The molecule has 1 heterocycles. The standard InChI is InChI=1S/C33H47NO5/c1-28(2)16-20-19(21(17-28)27(36)38-8)9-11-32(6)26(20)22(35)15-24-29(3)18-25(34-7)33(37)31(5,13-14-39-33)23(29)10-12-30(24,32)4/h15,19-21,23,25-26,37H,9-14,16-18H2,1-6,8H3/t19?,20-,21-,23-,25-,26+,29+,30-,31+,32-,33-/m1/s1. The minimum absolute atomic E-state index is 0.0270. The lowest BCUT2D eigenvalue weighted by molar-refractivity contribution is -0.281. The Balaban J connectivity index is 1.46. The molecule has 1 aliphatic heterocycles. The van der Waals surface area contributed by atoms with Crippen molar-refractivity contribution in [1.29, 1.82) is 0 Å². The molecular formula is C33H47NO5. The zero-order chi connectivity index (χ0) is 28.4. The Bertz CT molecular complexity index is 1180. The van der Waals surface area contributed by atoms with Crippen molar-refractivity contribution >= 4 is 11.8 Å². The second-order valence-corrected chi connectivity index (χ2v) is 15.8. The van der Waals surface area contributed by atoms with Gasteiger partial charge in [-0.1, -0.05) is 47.1 Å². The van der Waals surface area contributed by atoms with Crippen molar-refractivity contribution in [3.05, 3.63) is 23.1 Å². The summed E-state index contributed by atoms with van der Waals surface area (Å²) in [6.07, 6.45) is 8.82. The predicted molar refractivity (Wildman–Crippen MR) is 147 cm³/mol. The fraction of sp³-hybridized carbons (Fsp3) is 0.848. The molecule has 6 rings (SSSR count). The Morgan fingerprint density at radius 1 is 1.03 bits per heavy atom. The van der Waals surface area contributed by atoms with E-state index >= 15 is 0 Å². The van der Waals surface area contributed by atoms with Crippen molar-refractivity contribution in [2.45, 2.75) is 105 Å². The monoisotopic (exact) mass is 537 g/mol. The van der Waals surface area contributed by atoms with Gasteiger partial charge in [0.25, 0.3) is 6.04 Å². The quantitative estimate of drug-likeness (QED) is 0.329. The van der Waals surface area contributed by atoms with Crippen LogP contribution in [0.15, 0.2) is 11.6 Å². The Kier molecular flexibility index (Phi) is 5.77. The first-order valence-corrected chi connectivity index (χ1v) is 15.2. The highest BCUT2D eigenvalue weighted by atomic mass is 16.6. The summed E-state index contributed by atoms with van der Waals surface area (Å²) in [6.45, 7) is 22.1. The fourth-order valence-electron chi connectivity index (χ4n) is 11.8. The summed E-state index contributed by atoms with van der Waals surface area (Å²) in [5.74, 6) is -1.09. The van der Waals surface area contributed by atoms with Gasteiger partial charge in [-0.25, -0.2) is 6.57 Å². The number of hydrogen-bond acceptors (Lipinski definition) is 5. The average molecular weight is 538 g/mol. The number of fused-ring (bicyclic) bond motifs is 9. The lowest BCUT2D eigenvalue weighted by Crippen LogP contribution is -2.68. The molecule has 6 nitrogen and oxygen atoms in total. The highest BCUT2D eigenvalue weighted by Gasteiger charge is 2.76. The highest BCUT2D eigenvalue weighted by Crippen LogP contribution is 2.76. The molecule has 0 spiro atoms. The molecule has 1 unspecified atom stereocenters. The lowest BCUT2D eigenvalue weighted by atomic mass is 9.34. The summed E-state index contributed by atoms with van der Waals surface area (Å²) in [7, 11) is 1.49. The summed E-state index contributed by atoms with van der Waals surface area (Å²) >= 11 is 0. The maximum Gasteiger partial charge on any atom is 0.308 e. The van der Waals surface area contributed by atoms with Gasteiger partial charge in [0.05, 0.1) is 19.6 Å². The largest absolute Gasteiger partial charge is 0.469 e. The summed E-state index contributed by atoms with van der Waals surface area (Å²) < 4.78 is 11.2. The van der Waals surface area contributed by atoms with Crippen molar-refractivity contribution in [1.82, 2.24) is 0 Å². The first-order valence-electron chi connectivity index (χ1n) is 15.2. The number of ketones is 1. The number of aliphatic hydroxyl groups is 1. The third-order valence-corrected chi connectivity index (χ3v) is 13.8. The minimum Gasteiger partial charge on any atom is -0.469 e. The summed E-state index contributed by atoms with van der Waals surface area (Å²) in [5.41, 5.74) is -0.0690. The molecule has 0 bridgehead atoms. The van der Waals surface area contributed by atoms with Gasteiger partial charge in [-0.15, -0.1) is 0 Å². The van der Waals surface area contributed by atoms with Crippen LogP contribution in [0.3, 0.4) is 0 Å². The minimum atomic E-state index is -1.42. The number of rotatable bonds is 1. The molecule has 6 aliphatic rings. The number of allylic oxidation sites excluding steroid dienone is 2. The third-order valence-electron chi connectivity index (χ3n) is 13.8. The van der Waals surface area contributed by atoms with Gasteiger partial charge in [-0.05, 0) is 85.0 Å². The van der Waals surface area contributed by atoms with E-state index in [-0.39, 0.29) is 63.0 Å². The molecule has 6 heteroatoms. The van der Waals surface area contributed by atoms with Crippen LogP contribution in [-0.2, 0) is 19.1 Å². The van der Waals surface area contributed by atoms with Gasteiger partial charge in [-0.2, -0.15) is 0 Å². The van der Waals surface area contributed by atoms with E-state index in [0.29, 0.717) is 13.0 Å². The van der Waals surface area contributed by atoms with Crippen LogP contribution in [-0.4, -0.2) is 42.4 Å². The summed E-state index contributed by atoms with van der Waals surface area (Å²) in [6, 6.07) is -0.647. The van der Waals surface area contributed by atoms with Crippen molar-refractivity contribution in [3.63, 3.8) is 0 Å². The van der Waals surface area contributed by atoms with Crippen LogP contribution in [0.2, 0.25) is 0 Å². The van der Waals surface area contributed by atoms with Gasteiger partial charge in [0.15, 0.2) is 5.78 Å². The molecule has 39 heavy (non-hydrogen) atoms. The van der Waals surface area contributed by atoms with Gasteiger partial charge in [-0.3, -0.25) is 9.59 Å². The molecule has 1 saturated heterocycles. The molecule has 0 radical (unpaired) electrons. The second-order valence-electron chi connectivity index (χ2n) is 15.8. The van der Waals surface area contributed by atoms with E-state index in [0.717, 1.165) is 44.9 Å². The predicted octanol–water partition coefficient (Wildman–Crippen LogP) is 5.98. The molecule has 11 atom stereocenters. The Morgan fingerprint density at radius 2 is 1.74 bits per heavy atom. The van der Waals surface area contributed by atoms with Crippen LogP contribution in [0.4, 0.5) is 0 Å². The van der Waals surface area contributed by atoms with E-state index in [1.165, 1.54) is 12.7 Å². The van der Waals surface area contributed by atoms with Crippen molar-refractivity contribution in [3.8, 4) is 0 Å². The van der Waals surface area contributed by atoms with Gasteiger partial charge in [0.1, 0.15) is 0 Å². The Hall–Kier alpha value is -1.71. The normalized spacial score (nSPS) is 53.6. The molecule has 5 fully saturated rings. The molecule has 0 aromatic rings. The van der Waals surface area contributed by atoms with Crippen LogP contribution >= 0.6 is 0 Å². The van der Waals surface area contributed by atoms with Crippen LogP contribution < -0.4 is 0 Å². The molecule has 214 valence electrons. The van der Waals surface area contributed by atoms with Crippen LogP contribution in [0.25, 0.3) is 4.85 Å². The van der Waals surface area contributed by atoms with Crippen molar-refractivity contribution in [2.24, 2.45) is 56.7 Å². The number of hydrogen-bond donors (Lipinski definition) is 1. The first kappa shape index (κ1) is 27.5. The molecule has 1 N–H and O–H groups in total. The zero-order valence-corrected chi connectivity index (χ0v) is 24.9. The van der Waals surface area contributed by atoms with Gasteiger partial charge < -0.3 is 19.4 Å².